The van der Waals surface area contributed by atoms with Gasteiger partial charge in [-0.3, -0.25) is 4.79 Å². The maximum absolute atomic E-state index is 13.0. The van der Waals surface area contributed by atoms with E-state index in [2.05, 4.69) is 32.1 Å². The molecule has 1 aromatic carbocycles. The van der Waals surface area contributed by atoms with Crippen molar-refractivity contribution in [3.63, 3.8) is 0 Å². The van der Waals surface area contributed by atoms with Crippen molar-refractivity contribution in [1.29, 1.82) is 0 Å². The Labute approximate surface area is 170 Å². The minimum absolute atomic E-state index is 0.168. The van der Waals surface area contributed by atoms with Gasteiger partial charge in [-0.05, 0) is 43.0 Å². The van der Waals surface area contributed by atoms with Gasteiger partial charge < -0.3 is 10.2 Å². The number of piperidine rings is 1. The van der Waals surface area contributed by atoms with Crippen LogP contribution in [-0.4, -0.2) is 39.7 Å². The van der Waals surface area contributed by atoms with Gasteiger partial charge in [-0.1, -0.05) is 30.0 Å². The second-order valence-electron chi connectivity index (χ2n) is 6.84. The molecule has 9 heteroatoms. The molecule has 1 fully saturated rings. The molecule has 0 atom stereocenters. The Kier molecular flexibility index (Phi) is 5.72. The standard InChI is InChI=1S/C19H20FN5OS2/c1-12-6-8-25(9-7-12)19-24-17-16(28-19)18(22-11-21-17)27-10-15(26)23-14-4-2-13(20)3-5-14/h2-5,11-12H,6-10H2,1H3,(H,23,26). The molecule has 1 aliphatic rings. The first-order valence-corrected chi connectivity index (χ1v) is 10.9. The number of carbonyl (C=O) groups is 1. The van der Waals surface area contributed by atoms with E-state index in [1.165, 1.54) is 55.2 Å². The van der Waals surface area contributed by atoms with E-state index in [-0.39, 0.29) is 17.5 Å². The number of amides is 1. The summed E-state index contributed by atoms with van der Waals surface area (Å²) in [7, 11) is 0. The van der Waals surface area contributed by atoms with Gasteiger partial charge in [0, 0.05) is 18.8 Å². The molecule has 0 saturated carbocycles. The first kappa shape index (κ1) is 19.1. The molecule has 0 spiro atoms. The number of nitrogens with one attached hydrogen (secondary N) is 1. The first-order chi connectivity index (χ1) is 13.6. The minimum atomic E-state index is -0.333. The van der Waals surface area contributed by atoms with Crippen LogP contribution in [0.25, 0.3) is 10.3 Å². The van der Waals surface area contributed by atoms with Gasteiger partial charge in [0.05, 0.1) is 5.75 Å². The lowest BCUT2D eigenvalue weighted by atomic mass is 10.00. The van der Waals surface area contributed by atoms with E-state index in [0.29, 0.717) is 11.3 Å². The van der Waals surface area contributed by atoms with Crippen LogP contribution < -0.4 is 10.2 Å². The van der Waals surface area contributed by atoms with Crippen molar-refractivity contribution in [3.05, 3.63) is 36.4 Å². The number of aromatic nitrogens is 3. The van der Waals surface area contributed by atoms with Gasteiger partial charge >= 0.3 is 0 Å². The average Bonchev–Trinajstić information content (AvgIpc) is 3.13. The van der Waals surface area contributed by atoms with Crippen molar-refractivity contribution in [2.75, 3.05) is 29.1 Å². The number of fused-ring (bicyclic) bond motifs is 1. The number of halogens is 1. The first-order valence-electron chi connectivity index (χ1n) is 9.13. The molecule has 146 valence electrons. The van der Waals surface area contributed by atoms with Gasteiger partial charge in [0.15, 0.2) is 10.8 Å². The van der Waals surface area contributed by atoms with Gasteiger partial charge in [-0.25, -0.2) is 14.4 Å². The van der Waals surface area contributed by atoms with E-state index >= 15 is 0 Å². The molecule has 0 aliphatic carbocycles. The molecule has 3 heterocycles. The predicted molar refractivity (Wildman–Crippen MR) is 112 cm³/mol. The molecule has 6 nitrogen and oxygen atoms in total. The van der Waals surface area contributed by atoms with Crippen LogP contribution in [0.1, 0.15) is 19.8 Å². The number of thiazole rings is 1. The monoisotopic (exact) mass is 417 g/mol. The second kappa shape index (κ2) is 8.40. The number of hydrogen-bond acceptors (Lipinski definition) is 7. The number of rotatable bonds is 5. The van der Waals surface area contributed by atoms with E-state index in [1.54, 1.807) is 11.3 Å². The van der Waals surface area contributed by atoms with Crippen LogP contribution in [-0.2, 0) is 4.79 Å². The van der Waals surface area contributed by atoms with Gasteiger partial charge in [0.25, 0.3) is 0 Å². The summed E-state index contributed by atoms with van der Waals surface area (Å²) < 4.78 is 13.9. The molecule has 3 aromatic rings. The third kappa shape index (κ3) is 4.41. The highest BCUT2D eigenvalue weighted by molar-refractivity contribution is 8.00. The number of thioether (sulfide) groups is 1. The molecule has 1 amide bonds. The molecule has 0 bridgehead atoms. The molecule has 2 aromatic heterocycles. The average molecular weight is 418 g/mol. The summed E-state index contributed by atoms with van der Waals surface area (Å²) in [6.07, 6.45) is 3.84. The third-order valence-electron chi connectivity index (χ3n) is 4.67. The Morgan fingerprint density at radius 2 is 2.04 bits per heavy atom. The van der Waals surface area contributed by atoms with Gasteiger partial charge in [0.1, 0.15) is 21.9 Å². The minimum Gasteiger partial charge on any atom is -0.348 e. The van der Waals surface area contributed by atoms with Gasteiger partial charge in [0.2, 0.25) is 5.91 Å². The lowest BCUT2D eigenvalue weighted by molar-refractivity contribution is -0.113. The lowest BCUT2D eigenvalue weighted by Gasteiger charge is -2.29. The van der Waals surface area contributed by atoms with Crippen molar-refractivity contribution in [3.8, 4) is 0 Å². The Morgan fingerprint density at radius 1 is 1.29 bits per heavy atom. The van der Waals surface area contributed by atoms with Crippen molar-refractivity contribution < 1.29 is 9.18 Å². The number of anilines is 2. The molecule has 1 aliphatic heterocycles. The fraction of sp³-hybridized carbons (Fsp3) is 0.368. The molecule has 0 radical (unpaired) electrons. The summed E-state index contributed by atoms with van der Waals surface area (Å²) in [5.74, 6) is 0.465. The van der Waals surface area contributed by atoms with Gasteiger partial charge in [-0.2, -0.15) is 4.98 Å². The van der Waals surface area contributed by atoms with Crippen molar-refractivity contribution in [2.45, 2.75) is 24.8 Å². The SMILES string of the molecule is CC1CCN(c2nc3ncnc(SCC(=O)Nc4ccc(F)cc4)c3s2)CC1. The van der Waals surface area contributed by atoms with Gasteiger partial charge in [-0.15, -0.1) is 0 Å². The summed E-state index contributed by atoms with van der Waals surface area (Å²) in [4.78, 5) is 27.8. The van der Waals surface area contributed by atoms with E-state index < -0.39 is 0 Å². The van der Waals surface area contributed by atoms with Crippen LogP contribution >= 0.6 is 23.1 Å². The molecule has 28 heavy (non-hydrogen) atoms. The second-order valence-corrected chi connectivity index (χ2v) is 8.78. The summed E-state index contributed by atoms with van der Waals surface area (Å²) in [6, 6.07) is 5.71. The molecule has 1 saturated heterocycles. The molecular formula is C19H20FN5OS2. The third-order valence-corrected chi connectivity index (χ3v) is 6.90. The number of carbonyl (C=O) groups excluding carboxylic acids is 1. The van der Waals surface area contributed by atoms with E-state index in [4.69, 9.17) is 0 Å². The quantitative estimate of drug-likeness (QED) is 0.496. The Hall–Kier alpha value is -2.26. The van der Waals surface area contributed by atoms with Crippen LogP contribution in [0, 0.1) is 11.7 Å². The molecule has 4 rings (SSSR count). The zero-order valence-corrected chi connectivity index (χ0v) is 17.0. The summed E-state index contributed by atoms with van der Waals surface area (Å²) >= 11 is 2.94. The van der Waals surface area contributed by atoms with Crippen molar-refractivity contribution in [2.24, 2.45) is 5.92 Å². The smallest absolute Gasteiger partial charge is 0.234 e. The largest absolute Gasteiger partial charge is 0.348 e. The summed E-state index contributed by atoms with van der Waals surface area (Å²) in [5, 5.41) is 4.49. The maximum atomic E-state index is 13.0. The van der Waals surface area contributed by atoms with Crippen LogP contribution in [0.4, 0.5) is 15.2 Å². The van der Waals surface area contributed by atoms with Crippen LogP contribution in [0.2, 0.25) is 0 Å². The van der Waals surface area contributed by atoms with Crippen LogP contribution in [0.5, 0.6) is 0 Å². The highest BCUT2D eigenvalue weighted by Crippen LogP contribution is 2.35. The lowest BCUT2D eigenvalue weighted by Crippen LogP contribution is -2.32. The Balaban J connectivity index is 1.43. The highest BCUT2D eigenvalue weighted by Gasteiger charge is 2.20. The maximum Gasteiger partial charge on any atom is 0.234 e. The Morgan fingerprint density at radius 3 is 2.79 bits per heavy atom. The van der Waals surface area contributed by atoms with E-state index in [0.717, 1.165) is 33.9 Å². The van der Waals surface area contributed by atoms with Crippen LogP contribution in [0.3, 0.4) is 0 Å². The predicted octanol–water partition coefficient (Wildman–Crippen LogP) is 4.19. The summed E-state index contributed by atoms with van der Waals surface area (Å²) in [5.41, 5.74) is 1.24. The summed E-state index contributed by atoms with van der Waals surface area (Å²) in [6.45, 7) is 4.31. The molecule has 1 N–H and O–H groups in total. The zero-order chi connectivity index (χ0) is 19.5. The molecular weight excluding hydrogens is 397 g/mol. The van der Waals surface area contributed by atoms with E-state index in [9.17, 15) is 9.18 Å². The topological polar surface area (TPSA) is 71.0 Å². The van der Waals surface area contributed by atoms with Crippen LogP contribution in [0.15, 0.2) is 35.6 Å². The van der Waals surface area contributed by atoms with Crippen molar-refractivity contribution in [1.82, 2.24) is 15.0 Å². The number of hydrogen-bond donors (Lipinski definition) is 1. The normalized spacial score (nSPS) is 15.1. The van der Waals surface area contributed by atoms with E-state index in [1.807, 2.05) is 0 Å². The highest BCUT2D eigenvalue weighted by atomic mass is 32.2. The number of nitrogens with zero attached hydrogens (tertiary/aromatic N) is 4. The fourth-order valence-corrected chi connectivity index (χ4v) is 4.97. The molecule has 0 unspecified atom stereocenters. The Bertz CT molecular complexity index is 970. The fourth-order valence-electron chi connectivity index (χ4n) is 3.02. The zero-order valence-electron chi connectivity index (χ0n) is 15.4. The number of benzene rings is 1. The van der Waals surface area contributed by atoms with Crippen molar-refractivity contribution >= 4 is 50.2 Å².